The molecule has 0 radical (unpaired) electrons. The molecular weight excluding hydrogens is 268 g/mol. The van der Waals surface area contributed by atoms with Gasteiger partial charge in [0.15, 0.2) is 0 Å². The van der Waals surface area contributed by atoms with Crippen molar-refractivity contribution in [2.24, 2.45) is 11.3 Å². The molecular formula is C16H20N2O3. The summed E-state index contributed by atoms with van der Waals surface area (Å²) in [6.07, 6.45) is 5.06. The van der Waals surface area contributed by atoms with Gasteiger partial charge in [-0.05, 0) is 67.7 Å². The molecule has 2 fully saturated rings. The lowest BCUT2D eigenvalue weighted by Crippen LogP contribution is -2.34. The minimum Gasteiger partial charge on any atom is -0.478 e. The van der Waals surface area contributed by atoms with Gasteiger partial charge >= 0.3 is 12.0 Å². The maximum absolute atomic E-state index is 11.9. The summed E-state index contributed by atoms with van der Waals surface area (Å²) in [6.45, 7) is 2.47. The Kier molecular flexibility index (Phi) is 3.35. The molecule has 2 amide bonds. The van der Waals surface area contributed by atoms with Crippen molar-refractivity contribution in [3.05, 3.63) is 29.3 Å². The van der Waals surface area contributed by atoms with Crippen LogP contribution in [0.3, 0.4) is 0 Å². The van der Waals surface area contributed by atoms with Crippen molar-refractivity contribution in [1.82, 2.24) is 5.32 Å². The monoisotopic (exact) mass is 288 g/mol. The largest absolute Gasteiger partial charge is 0.478 e. The van der Waals surface area contributed by atoms with Gasteiger partial charge in [-0.3, -0.25) is 0 Å². The molecule has 5 nitrogen and oxygen atoms in total. The van der Waals surface area contributed by atoms with Crippen LogP contribution in [0.15, 0.2) is 18.2 Å². The highest BCUT2D eigenvalue weighted by Crippen LogP contribution is 2.60. The Morgan fingerprint density at radius 1 is 1.33 bits per heavy atom. The lowest BCUT2D eigenvalue weighted by molar-refractivity contribution is 0.0696. The number of urea groups is 1. The fraction of sp³-hybridized carbons (Fsp3) is 0.500. The minimum atomic E-state index is -0.955. The standard InChI is InChI=1S/C16H20N2O3/c1-10-8-12(4-5-13(10)14(19)20)18-15(21)17-9-16(6-7-16)11-2-3-11/h4-5,8,11H,2-3,6-7,9H2,1H3,(H,19,20)(H2,17,18,21). The zero-order valence-corrected chi connectivity index (χ0v) is 12.1. The van der Waals surface area contributed by atoms with E-state index in [1.54, 1.807) is 19.1 Å². The van der Waals surface area contributed by atoms with Crippen LogP contribution in [0.5, 0.6) is 0 Å². The molecule has 2 aliphatic carbocycles. The average molecular weight is 288 g/mol. The number of hydrogen-bond acceptors (Lipinski definition) is 2. The normalized spacial score (nSPS) is 18.9. The number of carboxylic acid groups (broad SMARTS) is 1. The number of benzene rings is 1. The van der Waals surface area contributed by atoms with Crippen molar-refractivity contribution in [1.29, 1.82) is 0 Å². The third-order valence-electron chi connectivity index (χ3n) is 4.65. The van der Waals surface area contributed by atoms with Gasteiger partial charge in [-0.15, -0.1) is 0 Å². The van der Waals surface area contributed by atoms with E-state index in [1.807, 2.05) is 0 Å². The molecule has 1 aromatic carbocycles. The Labute approximate surface area is 123 Å². The fourth-order valence-electron chi connectivity index (χ4n) is 3.00. The third-order valence-corrected chi connectivity index (χ3v) is 4.65. The predicted octanol–water partition coefficient (Wildman–Crippen LogP) is 3.00. The SMILES string of the molecule is Cc1cc(NC(=O)NCC2(C3CC3)CC2)ccc1C(=O)O. The molecule has 0 heterocycles. The molecule has 2 aliphatic rings. The lowest BCUT2D eigenvalue weighted by atomic mass is 10.0. The molecule has 0 aliphatic heterocycles. The third kappa shape index (κ3) is 3.01. The molecule has 21 heavy (non-hydrogen) atoms. The van der Waals surface area contributed by atoms with Gasteiger partial charge in [0.1, 0.15) is 0 Å². The van der Waals surface area contributed by atoms with Crippen LogP contribution in [-0.2, 0) is 0 Å². The molecule has 3 N–H and O–H groups in total. The van der Waals surface area contributed by atoms with Gasteiger partial charge in [0.2, 0.25) is 0 Å². The molecule has 0 saturated heterocycles. The second-order valence-corrected chi connectivity index (χ2v) is 6.28. The number of carbonyl (C=O) groups excluding carboxylic acids is 1. The summed E-state index contributed by atoms with van der Waals surface area (Å²) >= 11 is 0. The zero-order valence-electron chi connectivity index (χ0n) is 12.1. The van der Waals surface area contributed by atoms with Gasteiger partial charge in [0, 0.05) is 12.2 Å². The summed E-state index contributed by atoms with van der Waals surface area (Å²) in [5, 5.41) is 14.7. The number of carbonyl (C=O) groups is 2. The molecule has 0 unspecified atom stereocenters. The highest BCUT2D eigenvalue weighted by Gasteiger charge is 2.53. The first-order valence-electron chi connectivity index (χ1n) is 7.39. The first-order valence-corrected chi connectivity index (χ1v) is 7.39. The summed E-state index contributed by atoms with van der Waals surface area (Å²) in [7, 11) is 0. The molecule has 0 bridgehead atoms. The predicted molar refractivity (Wildman–Crippen MR) is 79.6 cm³/mol. The van der Waals surface area contributed by atoms with Gasteiger partial charge in [-0.1, -0.05) is 0 Å². The molecule has 5 heteroatoms. The van der Waals surface area contributed by atoms with Gasteiger partial charge in [-0.25, -0.2) is 9.59 Å². The molecule has 1 aromatic rings. The van der Waals surface area contributed by atoms with Crippen molar-refractivity contribution < 1.29 is 14.7 Å². The number of aryl methyl sites for hydroxylation is 1. The van der Waals surface area contributed by atoms with Crippen LogP contribution in [0.2, 0.25) is 0 Å². The summed E-state index contributed by atoms with van der Waals surface area (Å²) in [6, 6.07) is 4.59. The zero-order chi connectivity index (χ0) is 15.0. The van der Waals surface area contributed by atoms with Crippen molar-refractivity contribution in [3.63, 3.8) is 0 Å². The van der Waals surface area contributed by atoms with E-state index < -0.39 is 5.97 Å². The Bertz CT molecular complexity index is 589. The maximum atomic E-state index is 11.9. The minimum absolute atomic E-state index is 0.218. The molecule has 0 atom stereocenters. The van der Waals surface area contributed by atoms with E-state index in [-0.39, 0.29) is 11.6 Å². The van der Waals surface area contributed by atoms with Crippen LogP contribution < -0.4 is 10.6 Å². The highest BCUT2D eigenvalue weighted by molar-refractivity contribution is 5.92. The summed E-state index contributed by atoms with van der Waals surface area (Å²) < 4.78 is 0. The van der Waals surface area contributed by atoms with E-state index in [2.05, 4.69) is 10.6 Å². The summed E-state index contributed by atoms with van der Waals surface area (Å²) in [5.41, 5.74) is 1.88. The number of carboxylic acids is 1. The van der Waals surface area contributed by atoms with Crippen LogP contribution in [-0.4, -0.2) is 23.7 Å². The number of aromatic carboxylic acids is 1. The Morgan fingerprint density at radius 2 is 2.05 bits per heavy atom. The summed E-state index contributed by atoms with van der Waals surface area (Å²) in [4.78, 5) is 22.9. The second-order valence-electron chi connectivity index (χ2n) is 6.28. The Morgan fingerprint density at radius 3 is 2.57 bits per heavy atom. The highest BCUT2D eigenvalue weighted by atomic mass is 16.4. The molecule has 3 rings (SSSR count). The van der Waals surface area contributed by atoms with Gasteiger partial charge in [0.25, 0.3) is 0 Å². The number of amides is 2. The molecule has 0 aromatic heterocycles. The number of anilines is 1. The van der Waals surface area contributed by atoms with Crippen LogP contribution in [0, 0.1) is 18.3 Å². The van der Waals surface area contributed by atoms with E-state index in [0.717, 1.165) is 12.5 Å². The van der Waals surface area contributed by atoms with Crippen LogP contribution in [0.25, 0.3) is 0 Å². The topological polar surface area (TPSA) is 78.4 Å². The first-order chi connectivity index (χ1) is 10.00. The van der Waals surface area contributed by atoms with Crippen molar-refractivity contribution in [2.45, 2.75) is 32.6 Å². The first kappa shape index (κ1) is 13.9. The average Bonchev–Trinajstić information content (AvgIpc) is 3.28. The van der Waals surface area contributed by atoms with E-state index in [4.69, 9.17) is 5.11 Å². The van der Waals surface area contributed by atoms with Crippen molar-refractivity contribution in [2.75, 3.05) is 11.9 Å². The van der Waals surface area contributed by atoms with Crippen molar-refractivity contribution >= 4 is 17.7 Å². The van der Waals surface area contributed by atoms with Gasteiger partial charge in [0.05, 0.1) is 5.56 Å². The Hall–Kier alpha value is -2.04. The van der Waals surface area contributed by atoms with E-state index in [1.165, 1.54) is 31.7 Å². The van der Waals surface area contributed by atoms with Crippen LogP contribution >= 0.6 is 0 Å². The fourth-order valence-corrected chi connectivity index (χ4v) is 3.00. The Balaban J connectivity index is 1.55. The number of rotatable bonds is 5. The van der Waals surface area contributed by atoms with Gasteiger partial charge < -0.3 is 15.7 Å². The van der Waals surface area contributed by atoms with Crippen molar-refractivity contribution in [3.8, 4) is 0 Å². The lowest BCUT2D eigenvalue weighted by Gasteiger charge is -2.15. The van der Waals surface area contributed by atoms with E-state index in [9.17, 15) is 9.59 Å². The number of nitrogens with one attached hydrogen (secondary N) is 2. The summed E-state index contributed by atoms with van der Waals surface area (Å²) in [5.74, 6) is -0.140. The smallest absolute Gasteiger partial charge is 0.335 e. The molecule has 2 saturated carbocycles. The quantitative estimate of drug-likeness (QED) is 0.779. The maximum Gasteiger partial charge on any atom is 0.335 e. The second kappa shape index (κ2) is 5.06. The van der Waals surface area contributed by atoms with Gasteiger partial charge in [-0.2, -0.15) is 0 Å². The van der Waals surface area contributed by atoms with Crippen LogP contribution in [0.1, 0.15) is 41.6 Å². The van der Waals surface area contributed by atoms with E-state index >= 15 is 0 Å². The van der Waals surface area contributed by atoms with Crippen LogP contribution in [0.4, 0.5) is 10.5 Å². The van der Waals surface area contributed by atoms with E-state index in [0.29, 0.717) is 16.7 Å². The molecule has 0 spiro atoms. The molecule has 112 valence electrons. The number of hydrogen-bond donors (Lipinski definition) is 3.